The number of morpholine rings is 1. The Kier molecular flexibility index (Phi) is 9.13. The van der Waals surface area contributed by atoms with Crippen molar-refractivity contribution in [1.29, 1.82) is 0 Å². The fourth-order valence-electron chi connectivity index (χ4n) is 4.29. The van der Waals surface area contributed by atoms with Crippen molar-refractivity contribution in [2.75, 3.05) is 59.7 Å². The minimum atomic E-state index is -0.601. The predicted octanol–water partition coefficient (Wildman–Crippen LogP) is 2.43. The predicted molar refractivity (Wildman–Crippen MR) is 135 cm³/mol. The number of thioether (sulfide) groups is 1. The Morgan fingerprint density at radius 1 is 1.22 bits per heavy atom. The number of benzene rings is 1. The quantitative estimate of drug-likeness (QED) is 0.373. The van der Waals surface area contributed by atoms with Crippen molar-refractivity contribution in [2.45, 2.75) is 19.4 Å². The summed E-state index contributed by atoms with van der Waals surface area (Å²) in [6, 6.07) is 5.39. The van der Waals surface area contributed by atoms with Crippen molar-refractivity contribution in [2.24, 2.45) is 4.99 Å². The number of halogens is 1. The molecule has 1 atom stereocenters. The van der Waals surface area contributed by atoms with E-state index in [-0.39, 0.29) is 31.4 Å². The van der Waals surface area contributed by atoms with E-state index in [2.05, 4.69) is 15.2 Å². The second kappa shape index (κ2) is 12.5. The number of hydrogen-bond acceptors (Lipinski definition) is 9. The molecule has 0 bridgehead atoms. The Morgan fingerprint density at radius 3 is 2.69 bits per heavy atom. The molecule has 1 amide bonds. The van der Waals surface area contributed by atoms with Gasteiger partial charge >= 0.3 is 5.97 Å². The first-order valence-corrected chi connectivity index (χ1v) is 12.8. The molecule has 194 valence electrons. The van der Waals surface area contributed by atoms with Crippen LogP contribution in [-0.2, 0) is 23.8 Å². The number of carbonyl (C=O) groups excluding carboxylic acids is 2. The van der Waals surface area contributed by atoms with E-state index in [4.69, 9.17) is 14.2 Å². The molecule has 4 rings (SSSR count). The first kappa shape index (κ1) is 26.3. The zero-order valence-corrected chi connectivity index (χ0v) is 21.3. The Balaban J connectivity index is 1.50. The Bertz CT molecular complexity index is 1050. The van der Waals surface area contributed by atoms with Gasteiger partial charge in [0, 0.05) is 39.0 Å². The van der Waals surface area contributed by atoms with Crippen molar-refractivity contribution in [3.63, 3.8) is 0 Å². The van der Waals surface area contributed by atoms with Crippen molar-refractivity contribution in [1.82, 2.24) is 15.1 Å². The van der Waals surface area contributed by atoms with Gasteiger partial charge in [-0.1, -0.05) is 23.9 Å². The van der Waals surface area contributed by atoms with Crippen LogP contribution in [0.25, 0.3) is 0 Å². The van der Waals surface area contributed by atoms with Gasteiger partial charge in [0.05, 0.1) is 43.6 Å². The van der Waals surface area contributed by atoms with Crippen molar-refractivity contribution in [3.05, 3.63) is 58.0 Å². The van der Waals surface area contributed by atoms with Gasteiger partial charge in [-0.3, -0.25) is 9.69 Å². The summed E-state index contributed by atoms with van der Waals surface area (Å²) in [5.74, 6) is -1.02. The molecular formula is C25H31FN4O5S. The Hall–Kier alpha value is -2.73. The maximum atomic E-state index is 13.7. The van der Waals surface area contributed by atoms with Crippen LogP contribution < -0.4 is 5.32 Å². The van der Waals surface area contributed by atoms with E-state index in [1.54, 1.807) is 19.1 Å². The molecule has 11 heteroatoms. The van der Waals surface area contributed by atoms with Crippen LogP contribution in [0, 0.1) is 5.82 Å². The highest BCUT2D eigenvalue weighted by atomic mass is 32.2. The zero-order valence-electron chi connectivity index (χ0n) is 20.5. The maximum absolute atomic E-state index is 13.7. The maximum Gasteiger partial charge on any atom is 0.338 e. The van der Waals surface area contributed by atoms with Gasteiger partial charge in [-0.25, -0.2) is 14.2 Å². The van der Waals surface area contributed by atoms with Gasteiger partial charge in [0.2, 0.25) is 5.91 Å². The Labute approximate surface area is 214 Å². The molecule has 0 radical (unpaired) electrons. The lowest BCUT2D eigenvalue weighted by molar-refractivity contribution is -0.141. The van der Waals surface area contributed by atoms with Gasteiger partial charge in [0.15, 0.2) is 5.17 Å². The molecule has 0 aliphatic carbocycles. The summed E-state index contributed by atoms with van der Waals surface area (Å²) < 4.78 is 29.5. The van der Waals surface area contributed by atoms with Crippen LogP contribution in [0.2, 0.25) is 0 Å². The van der Waals surface area contributed by atoms with Crippen LogP contribution >= 0.6 is 11.8 Å². The van der Waals surface area contributed by atoms with E-state index in [1.165, 1.54) is 31.0 Å². The van der Waals surface area contributed by atoms with E-state index in [0.717, 1.165) is 19.6 Å². The summed E-state index contributed by atoms with van der Waals surface area (Å²) >= 11 is 1.39. The molecule has 1 aromatic rings. The van der Waals surface area contributed by atoms with Gasteiger partial charge in [0.25, 0.3) is 0 Å². The number of allylic oxidation sites excluding steroid dienone is 1. The molecule has 1 unspecified atom stereocenters. The second-order valence-corrected chi connectivity index (χ2v) is 9.39. The molecule has 0 aromatic heterocycles. The number of rotatable bonds is 10. The number of esters is 1. The molecule has 1 aromatic carbocycles. The summed E-state index contributed by atoms with van der Waals surface area (Å²) in [6.45, 7) is 6.56. The van der Waals surface area contributed by atoms with Crippen molar-refractivity contribution >= 4 is 28.8 Å². The summed E-state index contributed by atoms with van der Waals surface area (Å²) in [5, 5.41) is 5.52. The lowest BCUT2D eigenvalue weighted by Gasteiger charge is -2.36. The molecule has 1 fully saturated rings. The average Bonchev–Trinajstić information content (AvgIpc) is 3.26. The minimum Gasteiger partial charge on any atom is -0.460 e. The number of ether oxygens (including phenoxy) is 3. The summed E-state index contributed by atoms with van der Waals surface area (Å²) in [7, 11) is 1.53. The molecule has 0 spiro atoms. The second-order valence-electron chi connectivity index (χ2n) is 8.55. The highest BCUT2D eigenvalue weighted by Crippen LogP contribution is 2.44. The summed E-state index contributed by atoms with van der Waals surface area (Å²) in [6.07, 6.45) is 0.123. The summed E-state index contributed by atoms with van der Waals surface area (Å²) in [5.41, 5.74) is 2.28. The highest BCUT2D eigenvalue weighted by Gasteiger charge is 2.41. The van der Waals surface area contributed by atoms with E-state index in [1.807, 2.05) is 10.3 Å². The Morgan fingerprint density at radius 2 is 1.97 bits per heavy atom. The molecule has 3 aliphatic rings. The SMILES string of the molecule is COCCOC(=O)C1=C(C)N=C2SC=C(CC(=O)NCCN3CCOCC3)N2C1c1ccc(F)cc1. The monoisotopic (exact) mass is 518 g/mol. The highest BCUT2D eigenvalue weighted by molar-refractivity contribution is 8.16. The van der Waals surface area contributed by atoms with E-state index >= 15 is 0 Å². The third-order valence-corrected chi connectivity index (χ3v) is 7.01. The van der Waals surface area contributed by atoms with Gasteiger partial charge in [0.1, 0.15) is 12.4 Å². The van der Waals surface area contributed by atoms with E-state index in [0.29, 0.717) is 47.5 Å². The number of nitrogens with zero attached hydrogens (tertiary/aromatic N) is 3. The normalized spacial score (nSPS) is 20.1. The topological polar surface area (TPSA) is 92.7 Å². The minimum absolute atomic E-state index is 0.0990. The first-order chi connectivity index (χ1) is 17.5. The molecular weight excluding hydrogens is 487 g/mol. The van der Waals surface area contributed by atoms with Crippen molar-refractivity contribution < 1.29 is 28.2 Å². The van der Waals surface area contributed by atoms with Crippen molar-refractivity contribution in [3.8, 4) is 0 Å². The number of carbonyl (C=O) groups is 2. The number of nitrogens with one attached hydrogen (secondary N) is 1. The lowest BCUT2D eigenvalue weighted by atomic mass is 9.94. The van der Waals surface area contributed by atoms with Crippen LogP contribution in [0.4, 0.5) is 4.39 Å². The molecule has 36 heavy (non-hydrogen) atoms. The number of aliphatic imine (C=N–C) groups is 1. The zero-order chi connectivity index (χ0) is 25.5. The number of methoxy groups -OCH3 is 1. The number of amidine groups is 1. The van der Waals surface area contributed by atoms with Crippen LogP contribution in [0.3, 0.4) is 0 Å². The van der Waals surface area contributed by atoms with Crippen LogP contribution in [-0.4, -0.2) is 86.6 Å². The number of fused-ring (bicyclic) bond motifs is 1. The molecule has 3 aliphatic heterocycles. The molecule has 1 saturated heterocycles. The summed E-state index contributed by atoms with van der Waals surface area (Å²) in [4.78, 5) is 34.7. The van der Waals surface area contributed by atoms with Crippen LogP contribution in [0.1, 0.15) is 24.9 Å². The lowest BCUT2D eigenvalue weighted by Crippen LogP contribution is -2.42. The standard InChI is InChI=1S/C25H31FN4O5S/c1-17-22(24(32)35-14-13-33-2)23(18-3-5-19(26)6-4-18)30-20(16-36-25(30)28-17)15-21(31)27-7-8-29-9-11-34-12-10-29/h3-6,16,23H,7-15H2,1-2H3,(H,27,31). The fraction of sp³-hybridized carbons (Fsp3) is 0.480. The van der Waals surface area contributed by atoms with Gasteiger partial charge in [-0.2, -0.15) is 0 Å². The van der Waals surface area contributed by atoms with Crippen LogP contribution in [0.15, 0.2) is 51.6 Å². The smallest absolute Gasteiger partial charge is 0.338 e. The fourth-order valence-corrected chi connectivity index (χ4v) is 5.26. The van der Waals surface area contributed by atoms with E-state index in [9.17, 15) is 14.0 Å². The van der Waals surface area contributed by atoms with Gasteiger partial charge in [-0.15, -0.1) is 0 Å². The molecule has 1 N–H and O–H groups in total. The number of hydrogen-bond donors (Lipinski definition) is 1. The van der Waals surface area contributed by atoms with Gasteiger partial charge in [-0.05, 0) is 30.0 Å². The molecule has 9 nitrogen and oxygen atoms in total. The molecule has 3 heterocycles. The number of amides is 1. The molecule has 0 saturated carbocycles. The third kappa shape index (κ3) is 6.33. The largest absolute Gasteiger partial charge is 0.460 e. The average molecular weight is 519 g/mol. The first-order valence-electron chi connectivity index (χ1n) is 11.9. The van der Waals surface area contributed by atoms with Crippen LogP contribution in [0.5, 0.6) is 0 Å². The third-order valence-electron chi connectivity index (χ3n) is 6.12. The van der Waals surface area contributed by atoms with Gasteiger partial charge < -0.3 is 24.4 Å². The van der Waals surface area contributed by atoms with E-state index < -0.39 is 12.0 Å².